The fourth-order valence-corrected chi connectivity index (χ4v) is 2.14. The first-order chi connectivity index (χ1) is 13.7. The fourth-order valence-electron chi connectivity index (χ4n) is 2.14. The predicted octanol–water partition coefficient (Wildman–Crippen LogP) is 4.66. The Morgan fingerprint density at radius 3 is 2.00 bits per heavy atom. The van der Waals surface area contributed by atoms with Crippen LogP contribution in [0.15, 0.2) is 73.3 Å². The third-order valence-corrected chi connectivity index (χ3v) is 3.73. The second-order valence-corrected chi connectivity index (χ2v) is 6.13. The number of ether oxygens (including phenoxy) is 3. The molecule has 0 spiro atoms. The molecule has 0 aliphatic rings. The zero-order chi connectivity index (χ0) is 21.4. The van der Waals surface area contributed by atoms with E-state index in [0.717, 1.165) is 6.08 Å². The zero-order valence-electron chi connectivity index (χ0n) is 15.8. The second-order valence-electron chi connectivity index (χ2n) is 6.13. The molecule has 0 aromatic heterocycles. The summed E-state index contributed by atoms with van der Waals surface area (Å²) in [5, 5.41) is 0. The molecule has 0 saturated heterocycles. The molecule has 0 aliphatic heterocycles. The average molecular weight is 402 g/mol. The second kappa shape index (κ2) is 9.64. The normalized spacial score (nSPS) is 10.7. The molecule has 2 aromatic carbocycles. The van der Waals surface area contributed by atoms with Gasteiger partial charge in [0.2, 0.25) is 0 Å². The van der Waals surface area contributed by atoms with Crippen molar-refractivity contribution in [2.75, 3.05) is 0 Å². The van der Waals surface area contributed by atoms with E-state index < -0.39 is 18.0 Å². The molecule has 2 aromatic rings. The minimum atomic E-state index is -3.57. The van der Waals surface area contributed by atoms with Gasteiger partial charge in [-0.1, -0.05) is 37.4 Å². The molecule has 5 nitrogen and oxygen atoms in total. The van der Waals surface area contributed by atoms with E-state index in [0.29, 0.717) is 11.1 Å². The Labute approximate surface area is 167 Å². The van der Waals surface area contributed by atoms with Gasteiger partial charge < -0.3 is 14.2 Å². The van der Waals surface area contributed by atoms with Crippen LogP contribution in [0.4, 0.5) is 8.78 Å². The van der Waals surface area contributed by atoms with Gasteiger partial charge in [-0.3, -0.25) is 0 Å². The minimum absolute atomic E-state index is 0.000254. The Morgan fingerprint density at radius 2 is 1.48 bits per heavy atom. The first-order valence-electron chi connectivity index (χ1n) is 8.58. The summed E-state index contributed by atoms with van der Waals surface area (Å²) in [5.41, 5.74) is 1.09. The van der Waals surface area contributed by atoms with Gasteiger partial charge >= 0.3 is 18.0 Å². The first kappa shape index (κ1) is 21.8. The van der Waals surface area contributed by atoms with Gasteiger partial charge in [0, 0.05) is 11.6 Å². The van der Waals surface area contributed by atoms with Gasteiger partial charge in [0.25, 0.3) is 0 Å². The van der Waals surface area contributed by atoms with Gasteiger partial charge in [-0.15, -0.1) is 0 Å². The van der Waals surface area contributed by atoms with Crippen LogP contribution in [0.5, 0.6) is 5.75 Å². The Kier molecular flexibility index (Phi) is 7.25. The lowest BCUT2D eigenvalue weighted by Crippen LogP contribution is -2.21. The molecule has 0 bridgehead atoms. The molecule has 0 N–H and O–H groups in total. The Morgan fingerprint density at radius 1 is 0.966 bits per heavy atom. The highest BCUT2D eigenvalue weighted by molar-refractivity contribution is 5.86. The largest absolute Gasteiger partial charge is 0.458 e. The van der Waals surface area contributed by atoms with Crippen molar-refractivity contribution in [3.05, 3.63) is 90.0 Å². The SMILES string of the molecule is C=CC(=O)OCc1ccc(C(F)(F)Oc2ccc(COC(=O)C(=C)C)cc2)cc1. The lowest BCUT2D eigenvalue weighted by Gasteiger charge is -2.19. The van der Waals surface area contributed by atoms with Crippen LogP contribution in [0.3, 0.4) is 0 Å². The summed E-state index contributed by atoms with van der Waals surface area (Å²) in [6.07, 6.45) is -2.55. The number of carbonyl (C=O) groups excluding carboxylic acids is 2. The summed E-state index contributed by atoms with van der Waals surface area (Å²) < 4.78 is 43.4. The molecule has 152 valence electrons. The Hall–Kier alpha value is -3.48. The fraction of sp³-hybridized carbons (Fsp3) is 0.182. The monoisotopic (exact) mass is 402 g/mol. The molecule has 0 saturated carbocycles. The number of halogens is 2. The molecule has 29 heavy (non-hydrogen) atoms. The number of benzene rings is 2. The quantitative estimate of drug-likeness (QED) is 0.451. The highest BCUT2D eigenvalue weighted by atomic mass is 19.3. The van der Waals surface area contributed by atoms with E-state index in [1.807, 2.05) is 0 Å². The number of rotatable bonds is 9. The van der Waals surface area contributed by atoms with Gasteiger partial charge in [0.15, 0.2) is 0 Å². The topological polar surface area (TPSA) is 61.8 Å². The van der Waals surface area contributed by atoms with Crippen LogP contribution in [0.2, 0.25) is 0 Å². The number of alkyl halides is 2. The van der Waals surface area contributed by atoms with Crippen LogP contribution in [-0.2, 0) is 38.4 Å². The molecule has 0 fully saturated rings. The Balaban J connectivity index is 1.97. The molecule has 0 amide bonds. The maximum absolute atomic E-state index is 14.4. The molecule has 2 rings (SSSR count). The number of hydrogen-bond acceptors (Lipinski definition) is 5. The number of carbonyl (C=O) groups is 2. The van der Waals surface area contributed by atoms with Gasteiger partial charge in [-0.2, -0.15) is 8.78 Å². The van der Waals surface area contributed by atoms with Crippen molar-refractivity contribution in [1.82, 2.24) is 0 Å². The molecule has 0 unspecified atom stereocenters. The summed E-state index contributed by atoms with van der Waals surface area (Å²) >= 11 is 0. The molecule has 0 aliphatic carbocycles. The van der Waals surface area contributed by atoms with Gasteiger partial charge in [0.05, 0.1) is 5.56 Å². The van der Waals surface area contributed by atoms with E-state index in [1.165, 1.54) is 55.5 Å². The van der Waals surface area contributed by atoms with Crippen molar-refractivity contribution in [2.24, 2.45) is 0 Å². The van der Waals surface area contributed by atoms with Crippen LogP contribution in [0, 0.1) is 0 Å². The van der Waals surface area contributed by atoms with E-state index in [9.17, 15) is 18.4 Å². The van der Waals surface area contributed by atoms with Crippen LogP contribution >= 0.6 is 0 Å². The van der Waals surface area contributed by atoms with Crippen molar-refractivity contribution in [2.45, 2.75) is 26.2 Å². The highest BCUT2D eigenvalue weighted by Crippen LogP contribution is 2.31. The van der Waals surface area contributed by atoms with E-state index >= 15 is 0 Å². The summed E-state index contributed by atoms with van der Waals surface area (Å²) in [6, 6.07) is 11.0. The van der Waals surface area contributed by atoms with Gasteiger partial charge in [-0.05, 0) is 42.3 Å². The molecule has 0 atom stereocenters. The van der Waals surface area contributed by atoms with E-state index in [4.69, 9.17) is 14.2 Å². The predicted molar refractivity (Wildman–Crippen MR) is 102 cm³/mol. The lowest BCUT2D eigenvalue weighted by molar-refractivity contribution is -0.185. The highest BCUT2D eigenvalue weighted by Gasteiger charge is 2.34. The van der Waals surface area contributed by atoms with Gasteiger partial charge in [-0.25, -0.2) is 9.59 Å². The average Bonchev–Trinajstić information content (AvgIpc) is 2.71. The summed E-state index contributed by atoms with van der Waals surface area (Å²) in [7, 11) is 0. The third kappa shape index (κ3) is 6.57. The summed E-state index contributed by atoms with van der Waals surface area (Å²) in [5.74, 6) is -1.17. The summed E-state index contributed by atoms with van der Waals surface area (Å²) in [6.45, 7) is 8.23. The maximum Gasteiger partial charge on any atom is 0.426 e. The van der Waals surface area contributed by atoms with Crippen LogP contribution in [-0.4, -0.2) is 11.9 Å². The van der Waals surface area contributed by atoms with E-state index in [-0.39, 0.29) is 30.1 Å². The van der Waals surface area contributed by atoms with E-state index in [1.54, 1.807) is 0 Å². The third-order valence-electron chi connectivity index (χ3n) is 3.73. The summed E-state index contributed by atoms with van der Waals surface area (Å²) in [4.78, 5) is 22.4. The number of esters is 2. The Bertz CT molecular complexity index is 886. The van der Waals surface area contributed by atoms with Crippen molar-refractivity contribution >= 4 is 11.9 Å². The van der Waals surface area contributed by atoms with Crippen molar-refractivity contribution < 1.29 is 32.6 Å². The minimum Gasteiger partial charge on any atom is -0.458 e. The lowest BCUT2D eigenvalue weighted by atomic mass is 10.1. The zero-order valence-corrected chi connectivity index (χ0v) is 15.8. The van der Waals surface area contributed by atoms with Gasteiger partial charge in [0.1, 0.15) is 19.0 Å². The van der Waals surface area contributed by atoms with Crippen LogP contribution < -0.4 is 4.74 Å². The standard InChI is InChI=1S/C22H20F2O5/c1-4-20(25)27-13-16-5-9-18(10-6-16)22(23,24)29-19-11-7-17(8-12-19)14-28-21(26)15(2)3/h4-12H,1-2,13-14H2,3H3. The van der Waals surface area contributed by atoms with Crippen molar-refractivity contribution in [3.8, 4) is 5.75 Å². The van der Waals surface area contributed by atoms with Crippen molar-refractivity contribution in [3.63, 3.8) is 0 Å². The molecule has 7 heteroatoms. The molecular weight excluding hydrogens is 382 g/mol. The van der Waals surface area contributed by atoms with Crippen LogP contribution in [0.1, 0.15) is 23.6 Å². The van der Waals surface area contributed by atoms with Crippen molar-refractivity contribution in [1.29, 1.82) is 0 Å². The molecular formula is C22H20F2O5. The maximum atomic E-state index is 14.4. The van der Waals surface area contributed by atoms with Crippen LogP contribution in [0.25, 0.3) is 0 Å². The molecule has 0 radical (unpaired) electrons. The first-order valence-corrected chi connectivity index (χ1v) is 8.58. The smallest absolute Gasteiger partial charge is 0.426 e. The number of hydrogen-bond donors (Lipinski definition) is 0. The molecule has 0 heterocycles. The van der Waals surface area contributed by atoms with E-state index in [2.05, 4.69) is 13.2 Å².